The molecule has 35 heavy (non-hydrogen) atoms. The van der Waals surface area contributed by atoms with Gasteiger partial charge in [-0.15, -0.1) is 10.2 Å². The zero-order valence-electron chi connectivity index (χ0n) is 18.8. The van der Waals surface area contributed by atoms with E-state index in [4.69, 9.17) is 23.2 Å². The second kappa shape index (κ2) is 9.85. The Bertz CT molecular complexity index is 1500. The zero-order valence-corrected chi connectivity index (χ0v) is 20.3. The largest absolute Gasteiger partial charge is 0.333 e. The summed E-state index contributed by atoms with van der Waals surface area (Å²) in [4.78, 5) is 17.9. The van der Waals surface area contributed by atoms with Gasteiger partial charge in [0.15, 0.2) is 0 Å². The van der Waals surface area contributed by atoms with Crippen molar-refractivity contribution in [2.24, 2.45) is 0 Å². The minimum absolute atomic E-state index is 0.184. The van der Waals surface area contributed by atoms with E-state index >= 15 is 0 Å². The van der Waals surface area contributed by atoms with Gasteiger partial charge in [0.2, 0.25) is 5.82 Å². The fraction of sp³-hybridized carbons (Fsp3) is 0.160. The SMILES string of the molecule is CCCc1cn(-c2c(Cl)cccc2Cl)c(=O)n1Cc1ccc(-c2ncccc2-c2nn[nH]n2)cc1. The van der Waals surface area contributed by atoms with Crippen LogP contribution in [0.2, 0.25) is 10.0 Å². The molecule has 5 aromatic rings. The molecule has 0 atom stereocenters. The molecule has 0 fully saturated rings. The molecule has 5 rings (SSSR count). The lowest BCUT2D eigenvalue weighted by atomic mass is 10.0. The van der Waals surface area contributed by atoms with Gasteiger partial charge in [-0.25, -0.2) is 4.79 Å². The number of H-pyrrole nitrogens is 1. The highest BCUT2D eigenvalue weighted by Gasteiger charge is 2.17. The van der Waals surface area contributed by atoms with Crippen LogP contribution in [-0.4, -0.2) is 34.7 Å². The van der Waals surface area contributed by atoms with Gasteiger partial charge in [0.1, 0.15) is 0 Å². The first kappa shape index (κ1) is 23.0. The van der Waals surface area contributed by atoms with E-state index in [-0.39, 0.29) is 5.69 Å². The van der Waals surface area contributed by atoms with Gasteiger partial charge in [0.25, 0.3) is 0 Å². The molecule has 0 saturated carbocycles. The lowest BCUT2D eigenvalue weighted by Crippen LogP contribution is -2.25. The highest BCUT2D eigenvalue weighted by molar-refractivity contribution is 6.37. The maximum Gasteiger partial charge on any atom is 0.333 e. The van der Waals surface area contributed by atoms with Crippen molar-refractivity contribution < 1.29 is 0 Å². The van der Waals surface area contributed by atoms with Crippen molar-refractivity contribution >= 4 is 23.2 Å². The number of para-hydroxylation sites is 1. The van der Waals surface area contributed by atoms with Crippen LogP contribution in [0.5, 0.6) is 0 Å². The maximum absolute atomic E-state index is 13.4. The summed E-state index contributed by atoms with van der Waals surface area (Å²) in [5.41, 5.74) is 4.66. The Morgan fingerprint density at radius 3 is 2.46 bits per heavy atom. The summed E-state index contributed by atoms with van der Waals surface area (Å²) in [5.74, 6) is 0.479. The van der Waals surface area contributed by atoms with E-state index in [1.165, 1.54) is 4.57 Å². The number of hydrogen-bond donors (Lipinski definition) is 1. The van der Waals surface area contributed by atoms with E-state index in [1.807, 2.05) is 42.6 Å². The van der Waals surface area contributed by atoms with Gasteiger partial charge in [-0.05, 0) is 41.5 Å². The average molecular weight is 506 g/mol. The standard InChI is InChI=1S/C25H21Cl2N7O/c1-2-5-18-15-34(23-20(26)7-3-8-21(23)27)25(35)33(18)14-16-9-11-17(12-10-16)22-19(6-4-13-28-22)24-29-31-32-30-24/h3-4,6-13,15H,2,5,14H2,1H3,(H,29,30,31,32). The number of tetrazole rings is 1. The van der Waals surface area contributed by atoms with Gasteiger partial charge in [0, 0.05) is 29.2 Å². The third-order valence-electron chi connectivity index (χ3n) is 5.71. The van der Waals surface area contributed by atoms with Crippen LogP contribution in [0.25, 0.3) is 28.3 Å². The smallest absolute Gasteiger partial charge is 0.292 e. The predicted molar refractivity (Wildman–Crippen MR) is 136 cm³/mol. The van der Waals surface area contributed by atoms with Crippen molar-refractivity contribution in [3.8, 4) is 28.3 Å². The molecular weight excluding hydrogens is 485 g/mol. The van der Waals surface area contributed by atoms with E-state index in [9.17, 15) is 4.79 Å². The molecule has 3 aromatic heterocycles. The number of pyridine rings is 1. The number of nitrogens with zero attached hydrogens (tertiary/aromatic N) is 6. The third kappa shape index (κ3) is 4.50. The maximum atomic E-state index is 13.4. The van der Waals surface area contributed by atoms with Gasteiger partial charge in [-0.1, -0.05) is 66.9 Å². The van der Waals surface area contributed by atoms with Gasteiger partial charge >= 0.3 is 5.69 Å². The molecule has 10 heteroatoms. The highest BCUT2D eigenvalue weighted by Crippen LogP contribution is 2.29. The van der Waals surface area contributed by atoms with Crippen LogP contribution in [0.15, 0.2) is 71.8 Å². The van der Waals surface area contributed by atoms with Crippen LogP contribution >= 0.6 is 23.2 Å². The van der Waals surface area contributed by atoms with Gasteiger partial charge in [-0.2, -0.15) is 5.21 Å². The molecule has 0 spiro atoms. The Balaban J connectivity index is 1.49. The molecule has 0 saturated heterocycles. The molecule has 8 nitrogen and oxygen atoms in total. The van der Waals surface area contributed by atoms with E-state index in [1.54, 1.807) is 29.0 Å². The van der Waals surface area contributed by atoms with Crippen molar-refractivity contribution in [2.75, 3.05) is 0 Å². The Labute approximate surface area is 211 Å². The summed E-state index contributed by atoms with van der Waals surface area (Å²) in [6.07, 6.45) is 5.21. The summed E-state index contributed by atoms with van der Waals surface area (Å²) in [5, 5.41) is 15.1. The van der Waals surface area contributed by atoms with E-state index in [0.717, 1.165) is 40.9 Å². The Morgan fingerprint density at radius 1 is 1.00 bits per heavy atom. The molecule has 176 valence electrons. The van der Waals surface area contributed by atoms with Crippen molar-refractivity contribution in [1.29, 1.82) is 0 Å². The monoisotopic (exact) mass is 505 g/mol. The van der Waals surface area contributed by atoms with Crippen LogP contribution in [0.1, 0.15) is 24.6 Å². The van der Waals surface area contributed by atoms with Crippen LogP contribution in [0.3, 0.4) is 0 Å². The molecule has 2 aromatic carbocycles. The fourth-order valence-electron chi connectivity index (χ4n) is 4.07. The number of imidazole rings is 1. The molecule has 0 bridgehead atoms. The summed E-state index contributed by atoms with van der Waals surface area (Å²) in [6.45, 7) is 2.50. The Hall–Kier alpha value is -3.75. The predicted octanol–water partition coefficient (Wildman–Crippen LogP) is 5.19. The van der Waals surface area contributed by atoms with Crippen LogP contribution in [0.4, 0.5) is 0 Å². The van der Waals surface area contributed by atoms with E-state index in [2.05, 4.69) is 32.5 Å². The van der Waals surface area contributed by atoms with E-state index < -0.39 is 0 Å². The first-order chi connectivity index (χ1) is 17.1. The van der Waals surface area contributed by atoms with Crippen LogP contribution in [0, 0.1) is 0 Å². The first-order valence-corrected chi connectivity index (χ1v) is 11.9. The zero-order chi connectivity index (χ0) is 24.4. The van der Waals surface area contributed by atoms with Crippen molar-refractivity contribution in [2.45, 2.75) is 26.3 Å². The van der Waals surface area contributed by atoms with E-state index in [0.29, 0.717) is 28.1 Å². The third-order valence-corrected chi connectivity index (χ3v) is 6.32. The number of halogens is 2. The summed E-state index contributed by atoms with van der Waals surface area (Å²) < 4.78 is 3.30. The number of nitrogens with one attached hydrogen (secondary N) is 1. The van der Waals surface area contributed by atoms with Crippen molar-refractivity contribution in [3.63, 3.8) is 0 Å². The van der Waals surface area contributed by atoms with Gasteiger partial charge in [-0.3, -0.25) is 14.1 Å². The first-order valence-electron chi connectivity index (χ1n) is 11.1. The molecule has 0 radical (unpaired) electrons. The molecule has 1 N–H and O–H groups in total. The molecule has 0 aliphatic rings. The number of aromatic nitrogens is 7. The molecule has 3 heterocycles. The summed E-state index contributed by atoms with van der Waals surface area (Å²) >= 11 is 12.8. The lowest BCUT2D eigenvalue weighted by Gasteiger charge is -2.09. The summed E-state index contributed by atoms with van der Waals surface area (Å²) in [6, 6.07) is 16.9. The average Bonchev–Trinajstić information content (AvgIpc) is 3.50. The van der Waals surface area contributed by atoms with Gasteiger partial charge < -0.3 is 0 Å². The Kier molecular flexibility index (Phi) is 6.48. The van der Waals surface area contributed by atoms with Crippen LogP contribution < -0.4 is 5.69 Å². The number of hydrogen-bond acceptors (Lipinski definition) is 5. The molecule has 0 amide bonds. The highest BCUT2D eigenvalue weighted by atomic mass is 35.5. The van der Waals surface area contributed by atoms with Crippen LogP contribution in [-0.2, 0) is 13.0 Å². The summed E-state index contributed by atoms with van der Waals surface area (Å²) in [7, 11) is 0. The fourth-order valence-corrected chi connectivity index (χ4v) is 4.65. The Morgan fingerprint density at radius 2 is 1.77 bits per heavy atom. The quantitative estimate of drug-likeness (QED) is 0.328. The van der Waals surface area contributed by atoms with Gasteiger partial charge in [0.05, 0.1) is 28.0 Å². The number of aromatic amines is 1. The van der Waals surface area contributed by atoms with Crippen molar-refractivity contribution in [3.05, 3.63) is 98.8 Å². The molecular formula is C25H21Cl2N7O. The second-order valence-electron chi connectivity index (χ2n) is 8.01. The molecule has 0 aliphatic carbocycles. The number of aryl methyl sites for hydroxylation is 1. The van der Waals surface area contributed by atoms with Crippen molar-refractivity contribution in [1.82, 2.24) is 34.7 Å². The molecule has 0 aliphatic heterocycles. The molecule has 0 unspecified atom stereocenters. The minimum atomic E-state index is -0.184. The topological polar surface area (TPSA) is 94.3 Å². The minimum Gasteiger partial charge on any atom is -0.292 e. The number of rotatable bonds is 7. The number of benzene rings is 2. The lowest BCUT2D eigenvalue weighted by molar-refractivity contribution is 0.691. The normalized spacial score (nSPS) is 11.2. The second-order valence-corrected chi connectivity index (χ2v) is 8.83.